The Kier molecular flexibility index (Phi) is 6.17. The molecule has 0 aromatic heterocycles. The summed E-state index contributed by atoms with van der Waals surface area (Å²) in [5.41, 5.74) is 1.79. The first-order valence-electron chi connectivity index (χ1n) is 10.3. The second kappa shape index (κ2) is 8.83. The van der Waals surface area contributed by atoms with Gasteiger partial charge >= 0.3 is 0 Å². The number of carbonyl (C=O) groups is 1. The molecule has 2 aliphatic heterocycles. The molecule has 0 N–H and O–H groups in total. The SMILES string of the molecule is O=C(c1ccc(CN2CCN(S(=O)(=O)c3ccccc3F)CC2)cc1)N1CCCC1. The Bertz CT molecular complexity index is 997. The number of likely N-dealkylation sites (tertiary alicyclic amines) is 1. The number of hydrogen-bond donors (Lipinski definition) is 0. The Hall–Kier alpha value is -2.29. The average molecular weight is 432 g/mol. The number of piperazine rings is 1. The van der Waals surface area contributed by atoms with Gasteiger partial charge in [0, 0.05) is 51.4 Å². The number of amides is 1. The highest BCUT2D eigenvalue weighted by Gasteiger charge is 2.30. The fourth-order valence-electron chi connectivity index (χ4n) is 4.03. The van der Waals surface area contributed by atoms with E-state index in [9.17, 15) is 17.6 Å². The highest BCUT2D eigenvalue weighted by atomic mass is 32.2. The van der Waals surface area contributed by atoms with Crippen molar-refractivity contribution in [3.8, 4) is 0 Å². The molecule has 4 rings (SSSR count). The van der Waals surface area contributed by atoms with Crippen molar-refractivity contribution in [3.05, 3.63) is 65.5 Å². The van der Waals surface area contributed by atoms with Crippen LogP contribution in [0, 0.1) is 5.82 Å². The van der Waals surface area contributed by atoms with Crippen LogP contribution in [0.5, 0.6) is 0 Å². The Morgan fingerprint density at radius 1 is 0.867 bits per heavy atom. The quantitative estimate of drug-likeness (QED) is 0.730. The van der Waals surface area contributed by atoms with Gasteiger partial charge in [0.05, 0.1) is 0 Å². The van der Waals surface area contributed by atoms with E-state index < -0.39 is 15.8 Å². The van der Waals surface area contributed by atoms with Gasteiger partial charge in [-0.05, 0) is 42.7 Å². The van der Waals surface area contributed by atoms with Crippen LogP contribution in [-0.2, 0) is 16.6 Å². The summed E-state index contributed by atoms with van der Waals surface area (Å²) in [5, 5.41) is 0. The van der Waals surface area contributed by atoms with Crippen molar-refractivity contribution in [3.63, 3.8) is 0 Å². The maximum absolute atomic E-state index is 13.9. The largest absolute Gasteiger partial charge is 0.339 e. The highest BCUT2D eigenvalue weighted by molar-refractivity contribution is 7.89. The van der Waals surface area contributed by atoms with E-state index in [4.69, 9.17) is 0 Å². The molecule has 2 aliphatic rings. The number of sulfonamides is 1. The van der Waals surface area contributed by atoms with Crippen LogP contribution in [0.1, 0.15) is 28.8 Å². The molecular weight excluding hydrogens is 405 g/mol. The van der Waals surface area contributed by atoms with Crippen molar-refractivity contribution in [2.24, 2.45) is 0 Å². The van der Waals surface area contributed by atoms with E-state index >= 15 is 0 Å². The van der Waals surface area contributed by atoms with Gasteiger partial charge in [-0.2, -0.15) is 4.31 Å². The molecule has 6 nitrogen and oxygen atoms in total. The van der Waals surface area contributed by atoms with Crippen LogP contribution in [0.15, 0.2) is 53.4 Å². The Labute approximate surface area is 176 Å². The van der Waals surface area contributed by atoms with Crippen LogP contribution in [0.3, 0.4) is 0 Å². The van der Waals surface area contributed by atoms with Crippen LogP contribution < -0.4 is 0 Å². The number of halogens is 1. The summed E-state index contributed by atoms with van der Waals surface area (Å²) >= 11 is 0. The van der Waals surface area contributed by atoms with Crippen LogP contribution in [0.2, 0.25) is 0 Å². The zero-order chi connectivity index (χ0) is 21.1. The molecule has 2 fully saturated rings. The first kappa shape index (κ1) is 21.0. The number of nitrogens with zero attached hydrogens (tertiary/aromatic N) is 3. The number of hydrogen-bond acceptors (Lipinski definition) is 4. The van der Waals surface area contributed by atoms with Gasteiger partial charge in [-0.3, -0.25) is 9.69 Å². The molecule has 0 unspecified atom stereocenters. The van der Waals surface area contributed by atoms with Crippen LogP contribution in [0.25, 0.3) is 0 Å². The molecular formula is C22H26FN3O3S. The molecule has 0 bridgehead atoms. The third-order valence-electron chi connectivity index (χ3n) is 5.79. The molecule has 1 amide bonds. The Balaban J connectivity index is 1.34. The molecule has 0 aliphatic carbocycles. The van der Waals surface area contributed by atoms with Gasteiger partial charge in [-0.1, -0.05) is 24.3 Å². The molecule has 2 saturated heterocycles. The number of rotatable bonds is 5. The standard InChI is InChI=1S/C22H26FN3O3S/c23-20-5-1-2-6-21(20)30(28,29)26-15-13-24(14-16-26)17-18-7-9-19(10-8-18)22(27)25-11-3-4-12-25/h1-2,5-10H,3-4,11-17H2. The van der Waals surface area contributed by atoms with Crippen molar-refractivity contribution in [1.29, 1.82) is 0 Å². The maximum atomic E-state index is 13.9. The third-order valence-corrected chi connectivity index (χ3v) is 7.72. The summed E-state index contributed by atoms with van der Waals surface area (Å²) in [6.45, 7) is 4.14. The van der Waals surface area contributed by atoms with E-state index in [1.807, 2.05) is 29.2 Å². The van der Waals surface area contributed by atoms with Gasteiger partial charge in [0.1, 0.15) is 10.7 Å². The summed E-state index contributed by atoms with van der Waals surface area (Å²) in [6.07, 6.45) is 2.14. The second-order valence-corrected chi connectivity index (χ2v) is 9.71. The van der Waals surface area contributed by atoms with Crippen molar-refractivity contribution in [1.82, 2.24) is 14.1 Å². The van der Waals surface area contributed by atoms with Crippen LogP contribution in [-0.4, -0.2) is 67.7 Å². The van der Waals surface area contributed by atoms with Crippen LogP contribution >= 0.6 is 0 Å². The van der Waals surface area contributed by atoms with Crippen molar-refractivity contribution in [2.75, 3.05) is 39.3 Å². The van der Waals surface area contributed by atoms with E-state index in [2.05, 4.69) is 4.90 Å². The predicted molar refractivity (Wildman–Crippen MR) is 112 cm³/mol. The minimum absolute atomic E-state index is 0.0889. The Morgan fingerprint density at radius 2 is 1.50 bits per heavy atom. The van der Waals surface area contributed by atoms with Crippen molar-refractivity contribution in [2.45, 2.75) is 24.3 Å². The fourth-order valence-corrected chi connectivity index (χ4v) is 5.52. The van der Waals surface area contributed by atoms with Gasteiger partial charge in [-0.15, -0.1) is 0 Å². The topological polar surface area (TPSA) is 60.9 Å². The van der Waals surface area contributed by atoms with Crippen molar-refractivity contribution >= 4 is 15.9 Å². The van der Waals surface area contributed by atoms with E-state index in [-0.39, 0.29) is 10.8 Å². The molecule has 2 aromatic rings. The zero-order valence-electron chi connectivity index (χ0n) is 16.8. The van der Waals surface area contributed by atoms with E-state index in [0.29, 0.717) is 38.3 Å². The minimum Gasteiger partial charge on any atom is -0.339 e. The minimum atomic E-state index is -3.82. The molecule has 0 atom stereocenters. The van der Waals surface area contributed by atoms with Gasteiger partial charge in [0.15, 0.2) is 0 Å². The lowest BCUT2D eigenvalue weighted by molar-refractivity contribution is 0.0793. The summed E-state index contributed by atoms with van der Waals surface area (Å²) in [5.74, 6) is -0.630. The lowest BCUT2D eigenvalue weighted by Gasteiger charge is -2.34. The first-order valence-corrected chi connectivity index (χ1v) is 11.7. The van der Waals surface area contributed by atoms with Crippen molar-refractivity contribution < 1.29 is 17.6 Å². The van der Waals surface area contributed by atoms with Gasteiger partial charge in [0.25, 0.3) is 5.91 Å². The second-order valence-electron chi connectivity index (χ2n) is 7.81. The van der Waals surface area contributed by atoms with Gasteiger partial charge < -0.3 is 4.90 Å². The number of carbonyl (C=O) groups excluding carboxylic acids is 1. The molecule has 0 saturated carbocycles. The average Bonchev–Trinajstić information content (AvgIpc) is 3.29. The summed E-state index contributed by atoms with van der Waals surface area (Å²) in [4.78, 5) is 16.2. The predicted octanol–water partition coefficient (Wildman–Crippen LogP) is 2.57. The lowest BCUT2D eigenvalue weighted by Crippen LogP contribution is -2.48. The van der Waals surface area contributed by atoms with Crippen LogP contribution in [0.4, 0.5) is 4.39 Å². The smallest absolute Gasteiger partial charge is 0.253 e. The van der Waals surface area contributed by atoms with Gasteiger partial charge in [-0.25, -0.2) is 12.8 Å². The molecule has 0 radical (unpaired) electrons. The fraction of sp³-hybridized carbons (Fsp3) is 0.409. The molecule has 30 heavy (non-hydrogen) atoms. The summed E-state index contributed by atoms with van der Waals surface area (Å²) in [6, 6.07) is 13.2. The first-order chi connectivity index (χ1) is 14.4. The zero-order valence-corrected chi connectivity index (χ0v) is 17.7. The normalized spacial score (nSPS) is 18.6. The molecule has 2 aromatic carbocycles. The monoisotopic (exact) mass is 431 g/mol. The molecule has 0 spiro atoms. The van der Waals surface area contributed by atoms with Gasteiger partial charge in [0.2, 0.25) is 10.0 Å². The summed E-state index contributed by atoms with van der Waals surface area (Å²) in [7, 11) is -3.82. The Morgan fingerprint density at radius 3 is 2.13 bits per heavy atom. The molecule has 8 heteroatoms. The number of benzene rings is 2. The highest BCUT2D eigenvalue weighted by Crippen LogP contribution is 2.21. The van der Waals surface area contributed by atoms with E-state index in [0.717, 1.165) is 31.5 Å². The lowest BCUT2D eigenvalue weighted by atomic mass is 10.1. The third kappa shape index (κ3) is 4.40. The van der Waals surface area contributed by atoms with E-state index in [1.165, 1.54) is 28.6 Å². The summed E-state index contributed by atoms with van der Waals surface area (Å²) < 4.78 is 40.7. The molecule has 2 heterocycles. The molecule has 160 valence electrons. The van der Waals surface area contributed by atoms with E-state index in [1.54, 1.807) is 0 Å². The maximum Gasteiger partial charge on any atom is 0.253 e.